The molecule has 0 aromatic carbocycles. The number of hydrogen-bond acceptors (Lipinski definition) is 3. The molecule has 2 saturated heterocycles. The maximum Gasteiger partial charge on any atom is 0.0592 e. The van der Waals surface area contributed by atoms with E-state index in [1.165, 1.54) is 31.6 Å². The lowest BCUT2D eigenvalue weighted by Crippen LogP contribution is -2.55. The van der Waals surface area contributed by atoms with Crippen molar-refractivity contribution in [2.24, 2.45) is 0 Å². The van der Waals surface area contributed by atoms with Crippen LogP contribution in [0.2, 0.25) is 0 Å². The van der Waals surface area contributed by atoms with Gasteiger partial charge in [-0.15, -0.1) is 0 Å². The summed E-state index contributed by atoms with van der Waals surface area (Å²) in [5, 5.41) is 0. The van der Waals surface area contributed by atoms with Crippen LogP contribution >= 0.6 is 15.9 Å². The second kappa shape index (κ2) is 4.58. The van der Waals surface area contributed by atoms with Crippen LogP contribution in [0.5, 0.6) is 0 Å². The standard InChI is InChI=1S/C13H18BrN3/c1-10-8-16-6-2-3-11(16)9-17(10)13-4-5-15-7-12(13)14/h4-5,7,10-11H,2-3,6,8-9H2,1H3. The normalized spacial score (nSPS) is 29.4. The number of anilines is 1. The molecular weight excluding hydrogens is 278 g/mol. The Hall–Kier alpha value is -0.610. The molecule has 0 radical (unpaired) electrons. The predicted molar refractivity (Wildman–Crippen MR) is 73.3 cm³/mol. The molecule has 0 amide bonds. The Balaban J connectivity index is 1.85. The highest BCUT2D eigenvalue weighted by molar-refractivity contribution is 9.10. The van der Waals surface area contributed by atoms with Gasteiger partial charge < -0.3 is 4.90 Å². The molecule has 0 saturated carbocycles. The van der Waals surface area contributed by atoms with Gasteiger partial charge in [0.1, 0.15) is 0 Å². The molecule has 3 rings (SSSR count). The second-order valence-corrected chi connectivity index (χ2v) is 5.97. The minimum absolute atomic E-state index is 0.586. The average molecular weight is 296 g/mol. The van der Waals surface area contributed by atoms with Gasteiger partial charge in [-0.25, -0.2) is 0 Å². The van der Waals surface area contributed by atoms with Crippen LogP contribution in [-0.2, 0) is 0 Å². The molecule has 2 aliphatic rings. The third kappa shape index (κ3) is 2.08. The zero-order chi connectivity index (χ0) is 11.8. The fourth-order valence-electron chi connectivity index (χ4n) is 3.12. The van der Waals surface area contributed by atoms with Crippen molar-refractivity contribution in [3.63, 3.8) is 0 Å². The fourth-order valence-corrected chi connectivity index (χ4v) is 3.60. The van der Waals surface area contributed by atoms with Gasteiger partial charge in [0.15, 0.2) is 0 Å². The summed E-state index contributed by atoms with van der Waals surface area (Å²) in [6.45, 7) is 5.96. The molecule has 1 aromatic heterocycles. The topological polar surface area (TPSA) is 19.4 Å². The Morgan fingerprint density at radius 2 is 2.29 bits per heavy atom. The molecule has 2 aliphatic heterocycles. The van der Waals surface area contributed by atoms with Crippen LogP contribution in [0.25, 0.3) is 0 Å². The summed E-state index contributed by atoms with van der Waals surface area (Å²) < 4.78 is 1.11. The van der Waals surface area contributed by atoms with E-state index in [-0.39, 0.29) is 0 Å². The summed E-state index contributed by atoms with van der Waals surface area (Å²) in [5.74, 6) is 0. The predicted octanol–water partition coefficient (Wildman–Crippen LogP) is 2.52. The molecule has 0 aliphatic carbocycles. The third-order valence-electron chi connectivity index (χ3n) is 4.00. The Kier molecular flexibility index (Phi) is 3.09. The van der Waals surface area contributed by atoms with Crippen molar-refractivity contribution in [3.05, 3.63) is 22.9 Å². The SMILES string of the molecule is CC1CN2CCCC2CN1c1ccncc1Br. The van der Waals surface area contributed by atoms with Gasteiger partial charge >= 0.3 is 0 Å². The summed E-state index contributed by atoms with van der Waals surface area (Å²) in [6.07, 6.45) is 6.49. The number of nitrogens with zero attached hydrogens (tertiary/aromatic N) is 3. The van der Waals surface area contributed by atoms with E-state index < -0.39 is 0 Å². The van der Waals surface area contributed by atoms with Crippen LogP contribution in [0.15, 0.2) is 22.9 Å². The smallest absolute Gasteiger partial charge is 0.0592 e. The number of rotatable bonds is 1. The highest BCUT2D eigenvalue weighted by atomic mass is 79.9. The summed E-state index contributed by atoms with van der Waals surface area (Å²) in [6, 6.07) is 3.46. The fraction of sp³-hybridized carbons (Fsp3) is 0.615. The molecule has 0 N–H and O–H groups in total. The van der Waals surface area contributed by atoms with Gasteiger partial charge in [-0.05, 0) is 48.3 Å². The molecule has 92 valence electrons. The van der Waals surface area contributed by atoms with Crippen molar-refractivity contribution in [2.75, 3.05) is 24.5 Å². The van der Waals surface area contributed by atoms with Crippen molar-refractivity contribution in [1.29, 1.82) is 0 Å². The molecule has 1 aromatic rings. The quantitative estimate of drug-likeness (QED) is 0.794. The molecule has 3 nitrogen and oxygen atoms in total. The molecule has 4 heteroatoms. The Bertz CT molecular complexity index is 409. The summed E-state index contributed by atoms with van der Waals surface area (Å²) >= 11 is 3.61. The van der Waals surface area contributed by atoms with Crippen LogP contribution in [-0.4, -0.2) is 41.6 Å². The summed E-state index contributed by atoms with van der Waals surface area (Å²) in [7, 11) is 0. The van der Waals surface area contributed by atoms with E-state index in [0.717, 1.165) is 17.1 Å². The lowest BCUT2D eigenvalue weighted by molar-refractivity contribution is 0.203. The average Bonchev–Trinajstić information content (AvgIpc) is 2.76. The van der Waals surface area contributed by atoms with Crippen molar-refractivity contribution < 1.29 is 0 Å². The number of piperazine rings is 1. The first-order chi connectivity index (χ1) is 8.25. The Labute approximate surface area is 111 Å². The molecule has 2 atom stereocenters. The number of fused-ring (bicyclic) bond motifs is 1. The third-order valence-corrected chi connectivity index (χ3v) is 4.61. The highest BCUT2D eigenvalue weighted by Gasteiger charge is 2.34. The summed E-state index contributed by atoms with van der Waals surface area (Å²) in [4.78, 5) is 9.32. The van der Waals surface area contributed by atoms with E-state index in [0.29, 0.717) is 6.04 Å². The van der Waals surface area contributed by atoms with E-state index in [1.54, 1.807) is 0 Å². The largest absolute Gasteiger partial charge is 0.365 e. The Morgan fingerprint density at radius 1 is 1.41 bits per heavy atom. The van der Waals surface area contributed by atoms with E-state index in [4.69, 9.17) is 0 Å². The molecule has 0 bridgehead atoms. The van der Waals surface area contributed by atoms with Crippen LogP contribution in [0.4, 0.5) is 5.69 Å². The van der Waals surface area contributed by atoms with Crippen LogP contribution in [0.3, 0.4) is 0 Å². The monoisotopic (exact) mass is 295 g/mol. The van der Waals surface area contributed by atoms with E-state index >= 15 is 0 Å². The van der Waals surface area contributed by atoms with E-state index in [1.807, 2.05) is 12.4 Å². The molecule has 3 heterocycles. The minimum Gasteiger partial charge on any atom is -0.365 e. The maximum atomic E-state index is 4.15. The summed E-state index contributed by atoms with van der Waals surface area (Å²) in [5.41, 5.74) is 1.29. The van der Waals surface area contributed by atoms with Gasteiger partial charge in [0.05, 0.1) is 10.2 Å². The van der Waals surface area contributed by atoms with E-state index in [2.05, 4.69) is 43.7 Å². The second-order valence-electron chi connectivity index (χ2n) is 5.12. The van der Waals surface area contributed by atoms with Gasteiger partial charge in [0, 0.05) is 37.6 Å². The highest BCUT2D eigenvalue weighted by Crippen LogP contribution is 2.32. The van der Waals surface area contributed by atoms with Gasteiger partial charge in [0.25, 0.3) is 0 Å². The number of halogens is 1. The molecule has 17 heavy (non-hydrogen) atoms. The lowest BCUT2D eigenvalue weighted by atomic mass is 10.1. The first-order valence-corrected chi connectivity index (χ1v) is 7.15. The first kappa shape index (κ1) is 11.5. The minimum atomic E-state index is 0.586. The van der Waals surface area contributed by atoms with Gasteiger partial charge in [-0.1, -0.05) is 0 Å². The van der Waals surface area contributed by atoms with Crippen LogP contribution < -0.4 is 4.90 Å². The number of pyridine rings is 1. The molecular formula is C13H18BrN3. The molecule has 2 unspecified atom stereocenters. The lowest BCUT2D eigenvalue weighted by Gasteiger charge is -2.43. The van der Waals surface area contributed by atoms with Crippen molar-refractivity contribution in [2.45, 2.75) is 31.8 Å². The van der Waals surface area contributed by atoms with Gasteiger partial charge in [0.2, 0.25) is 0 Å². The van der Waals surface area contributed by atoms with Gasteiger partial charge in [-0.2, -0.15) is 0 Å². The zero-order valence-corrected chi connectivity index (χ0v) is 11.7. The van der Waals surface area contributed by atoms with Crippen molar-refractivity contribution in [1.82, 2.24) is 9.88 Å². The molecule has 0 spiro atoms. The van der Waals surface area contributed by atoms with Crippen molar-refractivity contribution in [3.8, 4) is 0 Å². The van der Waals surface area contributed by atoms with Crippen LogP contribution in [0, 0.1) is 0 Å². The van der Waals surface area contributed by atoms with Crippen molar-refractivity contribution >= 4 is 21.6 Å². The maximum absolute atomic E-state index is 4.15. The zero-order valence-electron chi connectivity index (χ0n) is 10.1. The van der Waals surface area contributed by atoms with Gasteiger partial charge in [-0.3, -0.25) is 9.88 Å². The number of aromatic nitrogens is 1. The first-order valence-electron chi connectivity index (χ1n) is 6.36. The van der Waals surface area contributed by atoms with E-state index in [9.17, 15) is 0 Å². The van der Waals surface area contributed by atoms with Crippen LogP contribution in [0.1, 0.15) is 19.8 Å². The molecule has 2 fully saturated rings. The number of hydrogen-bond donors (Lipinski definition) is 0. The Morgan fingerprint density at radius 3 is 3.12 bits per heavy atom.